The highest BCUT2D eigenvalue weighted by atomic mass is 16.1. The lowest BCUT2D eigenvalue weighted by Crippen LogP contribution is -2.15. The first kappa shape index (κ1) is 40.3. The first-order valence-corrected chi connectivity index (χ1v) is 19.4. The van der Waals surface area contributed by atoms with Crippen LogP contribution in [0.5, 0.6) is 0 Å². The molecule has 0 fully saturated rings. The Bertz CT molecular complexity index is 822. The normalized spacial score (nSPS) is 11.2. The van der Waals surface area contributed by atoms with Crippen molar-refractivity contribution in [1.82, 2.24) is 4.98 Å². The third-order valence-electron chi connectivity index (χ3n) is 9.07. The van der Waals surface area contributed by atoms with E-state index >= 15 is 0 Å². The largest absolute Gasteiger partial charge is 0.384 e. The predicted molar refractivity (Wildman–Crippen MR) is 192 cm³/mol. The lowest BCUT2D eigenvalue weighted by molar-refractivity contribution is 0.0942. The lowest BCUT2D eigenvalue weighted by atomic mass is 9.96. The lowest BCUT2D eigenvalue weighted by Gasteiger charge is -2.14. The number of anilines is 1. The number of aromatic nitrogens is 1. The van der Waals surface area contributed by atoms with Gasteiger partial charge in [-0.2, -0.15) is 0 Å². The molecule has 4 nitrogen and oxygen atoms in total. The molecule has 1 aromatic heterocycles. The van der Waals surface area contributed by atoms with E-state index < -0.39 is 0 Å². The molecule has 0 saturated heterocycles. The van der Waals surface area contributed by atoms with E-state index in [2.05, 4.69) is 31.1 Å². The summed E-state index contributed by atoms with van der Waals surface area (Å²) >= 11 is 0. The minimum absolute atomic E-state index is 0.0296. The third-order valence-corrected chi connectivity index (χ3v) is 9.07. The van der Waals surface area contributed by atoms with Crippen LogP contribution in [-0.4, -0.2) is 23.1 Å². The van der Waals surface area contributed by atoms with Crippen LogP contribution in [-0.2, 0) is 0 Å². The maximum atomic E-state index is 13.4. The second kappa shape index (κ2) is 30.0. The molecule has 0 amide bonds. The molecule has 4 heteroatoms. The fraction of sp³-hybridized carbons (Fsp3) is 0.825. The Morgan fingerprint density at radius 3 is 1.25 bits per heavy atom. The number of pyridine rings is 1. The number of hydrogen-bond donors (Lipinski definition) is 1. The fourth-order valence-corrected chi connectivity index (χ4v) is 6.21. The van der Waals surface area contributed by atoms with Gasteiger partial charge in [-0.3, -0.25) is 14.6 Å². The summed E-state index contributed by atoms with van der Waals surface area (Å²) in [6.07, 6.45) is 37.2. The first-order chi connectivity index (χ1) is 21.7. The van der Waals surface area contributed by atoms with Crippen LogP contribution >= 0.6 is 0 Å². The van der Waals surface area contributed by atoms with Gasteiger partial charge in [0, 0.05) is 31.3 Å². The quantitative estimate of drug-likeness (QED) is 0.0633. The van der Waals surface area contributed by atoms with E-state index in [0.29, 0.717) is 24.1 Å². The van der Waals surface area contributed by atoms with Crippen LogP contribution in [0.2, 0.25) is 0 Å². The average Bonchev–Trinajstić information content (AvgIpc) is 3.04. The van der Waals surface area contributed by atoms with Crippen LogP contribution in [0.15, 0.2) is 12.3 Å². The molecule has 44 heavy (non-hydrogen) atoms. The molecule has 0 aliphatic rings. The van der Waals surface area contributed by atoms with E-state index in [-0.39, 0.29) is 11.6 Å². The summed E-state index contributed by atoms with van der Waals surface area (Å²) < 4.78 is 0. The number of nitrogens with zero attached hydrogens (tertiary/aromatic N) is 1. The highest BCUT2D eigenvalue weighted by Crippen LogP contribution is 2.24. The average molecular weight is 613 g/mol. The molecule has 1 rings (SSSR count). The number of carbonyl (C=O) groups excluding carboxylic acids is 2. The molecule has 0 aromatic carbocycles. The summed E-state index contributed by atoms with van der Waals surface area (Å²) in [4.78, 5) is 31.1. The second-order valence-corrected chi connectivity index (χ2v) is 13.3. The zero-order valence-electron chi connectivity index (χ0n) is 29.6. The Kier molecular flexibility index (Phi) is 27.5. The topological polar surface area (TPSA) is 59.1 Å². The maximum absolute atomic E-state index is 13.4. The fourth-order valence-electron chi connectivity index (χ4n) is 6.21. The van der Waals surface area contributed by atoms with E-state index in [1.807, 2.05) is 6.07 Å². The van der Waals surface area contributed by atoms with Crippen LogP contribution in [0, 0.1) is 0 Å². The van der Waals surface area contributed by atoms with Gasteiger partial charge >= 0.3 is 0 Å². The highest BCUT2D eigenvalue weighted by Gasteiger charge is 2.22. The summed E-state index contributed by atoms with van der Waals surface area (Å²) in [7, 11) is 0. The number of carbonyl (C=O) groups is 2. The van der Waals surface area contributed by atoms with Crippen LogP contribution in [0.1, 0.15) is 228 Å². The van der Waals surface area contributed by atoms with Crippen LogP contribution in [0.3, 0.4) is 0 Å². The van der Waals surface area contributed by atoms with E-state index in [1.54, 1.807) is 6.20 Å². The maximum Gasteiger partial charge on any atom is 0.181 e. The number of Topliss-reactive ketones (excluding diaryl/α,β-unsaturated/α-hetero) is 2. The summed E-state index contributed by atoms with van der Waals surface area (Å²) in [5.74, 6) is 0.107. The smallest absolute Gasteiger partial charge is 0.181 e. The Balaban J connectivity index is 2.34. The van der Waals surface area contributed by atoms with Gasteiger partial charge in [-0.15, -0.1) is 0 Å². The molecule has 0 aliphatic carbocycles. The van der Waals surface area contributed by atoms with Gasteiger partial charge in [0.25, 0.3) is 0 Å². The van der Waals surface area contributed by atoms with Gasteiger partial charge in [-0.25, -0.2) is 0 Å². The molecule has 0 radical (unpaired) electrons. The van der Waals surface area contributed by atoms with Gasteiger partial charge in [0.05, 0.1) is 5.56 Å². The van der Waals surface area contributed by atoms with Crippen molar-refractivity contribution in [1.29, 1.82) is 0 Å². The van der Waals surface area contributed by atoms with Gasteiger partial charge in [-0.1, -0.05) is 175 Å². The van der Waals surface area contributed by atoms with Crippen molar-refractivity contribution in [3.8, 4) is 0 Å². The molecule has 0 bridgehead atoms. The molecule has 0 atom stereocenters. The van der Waals surface area contributed by atoms with Crippen molar-refractivity contribution in [2.24, 2.45) is 0 Å². The molecule has 254 valence electrons. The van der Waals surface area contributed by atoms with E-state index in [0.717, 1.165) is 44.3 Å². The van der Waals surface area contributed by atoms with Crippen molar-refractivity contribution in [3.05, 3.63) is 23.5 Å². The van der Waals surface area contributed by atoms with E-state index in [9.17, 15) is 9.59 Å². The minimum atomic E-state index is 0.0296. The predicted octanol–water partition coefficient (Wildman–Crippen LogP) is 13.2. The van der Waals surface area contributed by atoms with Gasteiger partial charge in [0.1, 0.15) is 5.69 Å². The Morgan fingerprint density at radius 1 is 0.500 bits per heavy atom. The van der Waals surface area contributed by atoms with E-state index in [4.69, 9.17) is 0 Å². The van der Waals surface area contributed by atoms with Gasteiger partial charge < -0.3 is 5.32 Å². The Labute approximate surface area is 273 Å². The van der Waals surface area contributed by atoms with E-state index in [1.165, 1.54) is 141 Å². The molecule has 0 spiro atoms. The van der Waals surface area contributed by atoms with Crippen molar-refractivity contribution in [2.45, 2.75) is 207 Å². The summed E-state index contributed by atoms with van der Waals surface area (Å²) in [6, 6.07) is 1.87. The van der Waals surface area contributed by atoms with Gasteiger partial charge in [-0.05, 0) is 25.3 Å². The molecular weight excluding hydrogens is 540 g/mol. The van der Waals surface area contributed by atoms with Gasteiger partial charge in [0.2, 0.25) is 0 Å². The van der Waals surface area contributed by atoms with Crippen molar-refractivity contribution in [3.63, 3.8) is 0 Å². The van der Waals surface area contributed by atoms with Gasteiger partial charge in [0.15, 0.2) is 11.6 Å². The number of unbranched alkanes of at least 4 members (excludes halogenated alkanes) is 24. The number of hydrogen-bond acceptors (Lipinski definition) is 4. The second-order valence-electron chi connectivity index (χ2n) is 13.3. The zero-order valence-corrected chi connectivity index (χ0v) is 29.6. The molecular formula is C40H72N2O2. The summed E-state index contributed by atoms with van der Waals surface area (Å²) in [5.41, 5.74) is 1.72. The molecule has 1 N–H and O–H groups in total. The number of ketones is 2. The Morgan fingerprint density at radius 2 is 0.864 bits per heavy atom. The van der Waals surface area contributed by atoms with Crippen LogP contribution < -0.4 is 5.32 Å². The number of nitrogens with one attached hydrogen (secondary N) is 1. The minimum Gasteiger partial charge on any atom is -0.384 e. The molecule has 1 aromatic rings. The zero-order chi connectivity index (χ0) is 31.9. The first-order valence-electron chi connectivity index (χ1n) is 19.4. The highest BCUT2D eigenvalue weighted by molar-refractivity contribution is 6.11. The summed E-state index contributed by atoms with van der Waals surface area (Å²) in [6.45, 7) is 7.45. The monoisotopic (exact) mass is 613 g/mol. The third kappa shape index (κ3) is 21.1. The molecule has 0 saturated carbocycles. The van der Waals surface area contributed by atoms with Crippen molar-refractivity contribution < 1.29 is 9.59 Å². The summed E-state index contributed by atoms with van der Waals surface area (Å²) in [5, 5.41) is 3.39. The SMILES string of the molecule is CCCCCCCCCCCCCCCC(=O)c1nccc(NCCC)c1C(=O)CCCCCCCCCCCCCCC. The van der Waals surface area contributed by atoms with Crippen LogP contribution in [0.4, 0.5) is 5.69 Å². The Hall–Kier alpha value is -1.71. The number of rotatable bonds is 33. The standard InChI is InChI=1S/C40H72N2O2/c1-4-7-9-11-13-15-17-19-21-23-25-27-29-31-37(43)39-36(41-34-6-3)33-35-42-40(39)38(44)32-30-28-26-24-22-20-18-16-14-12-10-8-5-2/h33,35H,4-32,34H2,1-3H3,(H,41,42). The molecule has 0 aliphatic heterocycles. The molecule has 0 unspecified atom stereocenters. The van der Waals surface area contributed by atoms with Crippen molar-refractivity contribution >= 4 is 17.3 Å². The molecule has 1 heterocycles. The van der Waals surface area contributed by atoms with Crippen molar-refractivity contribution in [2.75, 3.05) is 11.9 Å². The van der Waals surface area contributed by atoms with Crippen LogP contribution in [0.25, 0.3) is 0 Å².